The summed E-state index contributed by atoms with van der Waals surface area (Å²) in [5.74, 6) is -0.0521. The molecule has 1 atom stereocenters. The van der Waals surface area contributed by atoms with Crippen LogP contribution in [0.5, 0.6) is 0 Å². The van der Waals surface area contributed by atoms with E-state index < -0.39 is 0 Å². The number of anilines is 1. The van der Waals surface area contributed by atoms with Gasteiger partial charge in [0.2, 0.25) is 5.91 Å². The van der Waals surface area contributed by atoms with Crippen LogP contribution in [0.2, 0.25) is 5.02 Å². The molecule has 1 saturated heterocycles. The molecular weight excluding hydrogens is 287 g/mol. The molecule has 1 amide bonds. The highest BCUT2D eigenvalue weighted by atomic mass is 35.5. The predicted octanol–water partition coefficient (Wildman–Crippen LogP) is 2.39. The van der Waals surface area contributed by atoms with Crippen LogP contribution in [0.4, 0.5) is 5.69 Å². The fourth-order valence-electron chi connectivity index (χ4n) is 1.90. The van der Waals surface area contributed by atoms with Gasteiger partial charge in [0.1, 0.15) is 0 Å². The zero-order valence-electron chi connectivity index (χ0n) is 10.7. The standard InChI is InChI=1S/C13H17ClN2O2.ClH/c1-9-2-3-12(11(14)6-9)16-13(17)7-10-8-18-5-4-15-10;/h2-3,6,10,15H,4-5,7-8H2,1H3,(H,16,17);1H. The van der Waals surface area contributed by atoms with Gasteiger partial charge in [-0.05, 0) is 24.6 Å². The van der Waals surface area contributed by atoms with Crippen molar-refractivity contribution in [3.63, 3.8) is 0 Å². The number of amides is 1. The number of carbonyl (C=O) groups excluding carboxylic acids is 1. The fraction of sp³-hybridized carbons (Fsp3) is 0.462. The van der Waals surface area contributed by atoms with Crippen LogP contribution in [0, 0.1) is 6.92 Å². The Labute approximate surface area is 124 Å². The van der Waals surface area contributed by atoms with Gasteiger partial charge in [-0.2, -0.15) is 0 Å². The van der Waals surface area contributed by atoms with E-state index in [4.69, 9.17) is 16.3 Å². The molecule has 2 N–H and O–H groups in total. The Morgan fingerprint density at radius 3 is 3.00 bits per heavy atom. The average Bonchev–Trinajstić information content (AvgIpc) is 2.34. The molecule has 2 rings (SSSR count). The first-order chi connectivity index (χ1) is 8.65. The molecule has 0 bridgehead atoms. The minimum Gasteiger partial charge on any atom is -0.378 e. The van der Waals surface area contributed by atoms with Crippen LogP contribution in [0.3, 0.4) is 0 Å². The molecule has 1 heterocycles. The second kappa shape index (κ2) is 7.70. The largest absolute Gasteiger partial charge is 0.378 e. The zero-order chi connectivity index (χ0) is 13.0. The SMILES string of the molecule is Cc1ccc(NC(=O)CC2COCCN2)c(Cl)c1.Cl. The number of hydrogen-bond acceptors (Lipinski definition) is 3. The van der Waals surface area contributed by atoms with Crippen molar-refractivity contribution in [3.8, 4) is 0 Å². The van der Waals surface area contributed by atoms with Crippen LogP contribution >= 0.6 is 24.0 Å². The molecule has 1 aromatic carbocycles. The summed E-state index contributed by atoms with van der Waals surface area (Å²) in [5.41, 5.74) is 1.73. The summed E-state index contributed by atoms with van der Waals surface area (Å²) in [4.78, 5) is 11.9. The lowest BCUT2D eigenvalue weighted by atomic mass is 10.2. The maximum absolute atomic E-state index is 11.9. The topological polar surface area (TPSA) is 50.4 Å². The van der Waals surface area contributed by atoms with E-state index in [1.807, 2.05) is 25.1 Å². The van der Waals surface area contributed by atoms with E-state index in [1.54, 1.807) is 0 Å². The molecule has 1 unspecified atom stereocenters. The number of rotatable bonds is 3. The van der Waals surface area contributed by atoms with Gasteiger partial charge in [0.15, 0.2) is 0 Å². The molecule has 1 aliphatic heterocycles. The van der Waals surface area contributed by atoms with Crippen LogP contribution < -0.4 is 10.6 Å². The lowest BCUT2D eigenvalue weighted by Crippen LogP contribution is -2.43. The summed E-state index contributed by atoms with van der Waals surface area (Å²) >= 11 is 6.06. The number of ether oxygens (including phenoxy) is 1. The van der Waals surface area contributed by atoms with Crippen LogP contribution in [0.25, 0.3) is 0 Å². The molecular formula is C13H18Cl2N2O2. The first-order valence-corrected chi connectivity index (χ1v) is 6.40. The summed E-state index contributed by atoms with van der Waals surface area (Å²) in [6, 6.07) is 5.66. The van der Waals surface area contributed by atoms with Crippen molar-refractivity contribution in [1.29, 1.82) is 0 Å². The van der Waals surface area contributed by atoms with Crippen LogP contribution in [-0.4, -0.2) is 31.7 Å². The highest BCUT2D eigenvalue weighted by Crippen LogP contribution is 2.22. The summed E-state index contributed by atoms with van der Waals surface area (Å²) in [6.45, 7) is 4.04. The van der Waals surface area contributed by atoms with Crippen molar-refractivity contribution in [1.82, 2.24) is 5.32 Å². The van der Waals surface area contributed by atoms with E-state index >= 15 is 0 Å². The molecule has 0 spiro atoms. The van der Waals surface area contributed by atoms with Gasteiger partial charge < -0.3 is 15.4 Å². The third-order valence-corrected chi connectivity index (χ3v) is 3.14. The molecule has 0 aliphatic carbocycles. The Kier molecular flexibility index (Phi) is 6.58. The van der Waals surface area contributed by atoms with Crippen molar-refractivity contribution in [2.75, 3.05) is 25.1 Å². The van der Waals surface area contributed by atoms with Crippen LogP contribution in [0.1, 0.15) is 12.0 Å². The average molecular weight is 305 g/mol. The lowest BCUT2D eigenvalue weighted by Gasteiger charge is -2.23. The van der Waals surface area contributed by atoms with Gasteiger partial charge in [-0.15, -0.1) is 12.4 Å². The maximum Gasteiger partial charge on any atom is 0.226 e. The molecule has 106 valence electrons. The summed E-state index contributed by atoms with van der Waals surface area (Å²) in [6.07, 6.45) is 0.393. The molecule has 0 aromatic heterocycles. The van der Waals surface area contributed by atoms with Crippen LogP contribution in [-0.2, 0) is 9.53 Å². The molecule has 19 heavy (non-hydrogen) atoms. The van der Waals surface area contributed by atoms with E-state index in [0.29, 0.717) is 30.3 Å². The van der Waals surface area contributed by atoms with Crippen LogP contribution in [0.15, 0.2) is 18.2 Å². The minimum atomic E-state index is -0.0521. The molecule has 6 heteroatoms. The number of morpholine rings is 1. The molecule has 4 nitrogen and oxygen atoms in total. The van der Waals surface area contributed by atoms with E-state index in [0.717, 1.165) is 12.1 Å². The van der Waals surface area contributed by atoms with Crippen molar-refractivity contribution < 1.29 is 9.53 Å². The molecule has 0 radical (unpaired) electrons. The second-order valence-corrected chi connectivity index (χ2v) is 4.87. The first kappa shape index (κ1) is 16.2. The minimum absolute atomic E-state index is 0. The van der Waals surface area contributed by atoms with Crippen molar-refractivity contribution in [3.05, 3.63) is 28.8 Å². The molecule has 0 saturated carbocycles. The van der Waals surface area contributed by atoms with E-state index in [-0.39, 0.29) is 24.4 Å². The number of aryl methyl sites for hydroxylation is 1. The Hall–Kier alpha value is -0.810. The number of nitrogens with one attached hydrogen (secondary N) is 2. The Morgan fingerprint density at radius 2 is 2.37 bits per heavy atom. The number of hydrogen-bond donors (Lipinski definition) is 2. The Balaban J connectivity index is 0.00000180. The van der Waals surface area contributed by atoms with Crippen molar-refractivity contribution in [2.45, 2.75) is 19.4 Å². The van der Waals surface area contributed by atoms with E-state index in [2.05, 4.69) is 10.6 Å². The van der Waals surface area contributed by atoms with Gasteiger partial charge in [-0.3, -0.25) is 4.79 Å². The van der Waals surface area contributed by atoms with E-state index in [1.165, 1.54) is 0 Å². The van der Waals surface area contributed by atoms with Crippen molar-refractivity contribution >= 4 is 35.6 Å². The van der Waals surface area contributed by atoms with Crippen molar-refractivity contribution in [2.24, 2.45) is 0 Å². The smallest absolute Gasteiger partial charge is 0.226 e. The number of carbonyl (C=O) groups is 1. The lowest BCUT2D eigenvalue weighted by molar-refractivity contribution is -0.117. The number of benzene rings is 1. The van der Waals surface area contributed by atoms with Gasteiger partial charge in [0, 0.05) is 19.0 Å². The summed E-state index contributed by atoms with van der Waals surface area (Å²) < 4.78 is 5.30. The Morgan fingerprint density at radius 1 is 1.58 bits per heavy atom. The monoisotopic (exact) mass is 304 g/mol. The third-order valence-electron chi connectivity index (χ3n) is 2.83. The Bertz CT molecular complexity index is 435. The van der Waals surface area contributed by atoms with Gasteiger partial charge in [0.05, 0.1) is 23.9 Å². The summed E-state index contributed by atoms with van der Waals surface area (Å²) in [7, 11) is 0. The number of halogens is 2. The fourth-order valence-corrected chi connectivity index (χ4v) is 2.18. The highest BCUT2D eigenvalue weighted by molar-refractivity contribution is 6.33. The van der Waals surface area contributed by atoms with E-state index in [9.17, 15) is 4.79 Å². The third kappa shape index (κ3) is 4.99. The first-order valence-electron chi connectivity index (χ1n) is 6.02. The molecule has 1 fully saturated rings. The van der Waals surface area contributed by atoms with Gasteiger partial charge in [-0.25, -0.2) is 0 Å². The maximum atomic E-state index is 11.9. The second-order valence-electron chi connectivity index (χ2n) is 4.46. The normalized spacial score (nSPS) is 18.5. The highest BCUT2D eigenvalue weighted by Gasteiger charge is 2.17. The quantitative estimate of drug-likeness (QED) is 0.901. The summed E-state index contributed by atoms with van der Waals surface area (Å²) in [5, 5.41) is 6.62. The zero-order valence-corrected chi connectivity index (χ0v) is 12.3. The van der Waals surface area contributed by atoms with Gasteiger partial charge in [-0.1, -0.05) is 17.7 Å². The predicted molar refractivity (Wildman–Crippen MR) is 79.3 cm³/mol. The molecule has 1 aromatic rings. The molecule has 1 aliphatic rings. The van der Waals surface area contributed by atoms with Gasteiger partial charge >= 0.3 is 0 Å². The van der Waals surface area contributed by atoms with Gasteiger partial charge in [0.25, 0.3) is 0 Å².